The van der Waals surface area contributed by atoms with Gasteiger partial charge in [0.05, 0.1) is 17.0 Å². The Kier molecular flexibility index (Phi) is 3.92. The third kappa shape index (κ3) is 2.76. The van der Waals surface area contributed by atoms with E-state index in [9.17, 15) is 9.59 Å². The molecule has 1 N–H and O–H groups in total. The smallest absolute Gasteiger partial charge is 0.252 e. The van der Waals surface area contributed by atoms with E-state index in [1.165, 1.54) is 5.56 Å². The molecule has 2 aromatic carbocycles. The normalized spacial score (nSPS) is 25.9. The molecule has 25 heavy (non-hydrogen) atoms. The zero-order valence-corrected chi connectivity index (χ0v) is 14.4. The van der Waals surface area contributed by atoms with Crippen LogP contribution in [-0.2, 0) is 6.42 Å². The van der Waals surface area contributed by atoms with Gasteiger partial charge in [0.15, 0.2) is 5.78 Å². The standard InChI is InChI=1S/C21H22N2O2/c1-21-14-23(12-11-15-7-3-2-4-8-15)13-18(21)22-20(25)17-10-6-5-9-16(17)19(21)24/h2-10,18H,11-14H2,1H3,(H,22,25)/t18-,21+/m1/s1. The van der Waals surface area contributed by atoms with Gasteiger partial charge in [-0.15, -0.1) is 0 Å². The monoisotopic (exact) mass is 334 g/mol. The first-order chi connectivity index (χ1) is 12.1. The van der Waals surface area contributed by atoms with Crippen LogP contribution in [0.2, 0.25) is 0 Å². The molecule has 2 aliphatic rings. The largest absolute Gasteiger partial charge is 0.347 e. The van der Waals surface area contributed by atoms with E-state index in [2.05, 4.69) is 22.3 Å². The molecular weight excluding hydrogens is 312 g/mol. The highest BCUT2D eigenvalue weighted by Crippen LogP contribution is 2.37. The molecule has 4 rings (SSSR count). The number of carbonyl (C=O) groups is 2. The second-order valence-corrected chi connectivity index (χ2v) is 7.29. The Balaban J connectivity index is 1.55. The SMILES string of the molecule is C[C@]12CN(CCc3ccccc3)C[C@H]1NC(=O)c1ccccc1C2=O. The van der Waals surface area contributed by atoms with Crippen LogP contribution in [0.25, 0.3) is 0 Å². The van der Waals surface area contributed by atoms with Gasteiger partial charge in [-0.3, -0.25) is 14.5 Å². The van der Waals surface area contributed by atoms with Gasteiger partial charge in [-0.05, 0) is 25.0 Å². The maximum Gasteiger partial charge on any atom is 0.252 e. The van der Waals surface area contributed by atoms with Gasteiger partial charge in [-0.2, -0.15) is 0 Å². The van der Waals surface area contributed by atoms with Crippen molar-refractivity contribution < 1.29 is 9.59 Å². The van der Waals surface area contributed by atoms with Crippen LogP contribution in [0.1, 0.15) is 33.2 Å². The van der Waals surface area contributed by atoms with Crippen molar-refractivity contribution in [2.45, 2.75) is 19.4 Å². The highest BCUT2D eigenvalue weighted by Gasteiger charge is 2.51. The Morgan fingerprint density at radius 3 is 2.48 bits per heavy atom. The van der Waals surface area contributed by atoms with E-state index in [1.54, 1.807) is 18.2 Å². The molecular formula is C21H22N2O2. The van der Waals surface area contributed by atoms with E-state index < -0.39 is 5.41 Å². The minimum atomic E-state index is -0.570. The third-order valence-electron chi connectivity index (χ3n) is 5.56. The van der Waals surface area contributed by atoms with E-state index in [0.29, 0.717) is 17.7 Å². The van der Waals surface area contributed by atoms with Crippen molar-refractivity contribution in [3.63, 3.8) is 0 Å². The fourth-order valence-electron chi connectivity index (χ4n) is 4.06. The van der Waals surface area contributed by atoms with Gasteiger partial charge in [0.2, 0.25) is 0 Å². The lowest BCUT2D eigenvalue weighted by Crippen LogP contribution is -2.47. The fraction of sp³-hybridized carbons (Fsp3) is 0.333. The number of nitrogens with one attached hydrogen (secondary N) is 1. The number of rotatable bonds is 3. The highest BCUT2D eigenvalue weighted by molar-refractivity contribution is 6.12. The van der Waals surface area contributed by atoms with E-state index in [1.807, 2.05) is 31.2 Å². The summed E-state index contributed by atoms with van der Waals surface area (Å²) in [4.78, 5) is 28.0. The summed E-state index contributed by atoms with van der Waals surface area (Å²) in [5.74, 6) is -0.0590. The molecule has 1 fully saturated rings. The van der Waals surface area contributed by atoms with Crippen LogP contribution in [0, 0.1) is 5.41 Å². The molecule has 1 saturated heterocycles. The molecule has 2 heterocycles. The minimum Gasteiger partial charge on any atom is -0.347 e. The molecule has 2 atom stereocenters. The van der Waals surface area contributed by atoms with Crippen molar-refractivity contribution in [2.24, 2.45) is 5.41 Å². The van der Waals surface area contributed by atoms with E-state index in [-0.39, 0.29) is 17.7 Å². The van der Waals surface area contributed by atoms with E-state index in [4.69, 9.17) is 0 Å². The minimum absolute atomic E-state index is 0.0775. The second-order valence-electron chi connectivity index (χ2n) is 7.29. The number of nitrogens with zero attached hydrogens (tertiary/aromatic N) is 1. The summed E-state index contributed by atoms with van der Waals surface area (Å²) < 4.78 is 0. The number of fused-ring (bicyclic) bond motifs is 2. The number of ketones is 1. The van der Waals surface area contributed by atoms with Crippen LogP contribution in [0.5, 0.6) is 0 Å². The average Bonchev–Trinajstić information content (AvgIpc) is 2.93. The summed E-state index contributed by atoms with van der Waals surface area (Å²) in [6, 6.07) is 17.4. The summed E-state index contributed by atoms with van der Waals surface area (Å²) in [5.41, 5.74) is 1.77. The topological polar surface area (TPSA) is 49.4 Å². The molecule has 1 amide bonds. The number of hydrogen-bond donors (Lipinski definition) is 1. The predicted molar refractivity (Wildman–Crippen MR) is 96.7 cm³/mol. The van der Waals surface area contributed by atoms with Crippen molar-refractivity contribution in [1.82, 2.24) is 10.2 Å². The van der Waals surface area contributed by atoms with Crippen LogP contribution in [0.3, 0.4) is 0 Å². The number of hydrogen-bond acceptors (Lipinski definition) is 3. The predicted octanol–water partition coefficient (Wildman–Crippen LogP) is 2.55. The maximum absolute atomic E-state index is 13.2. The van der Waals surface area contributed by atoms with Crippen LogP contribution in [0.15, 0.2) is 54.6 Å². The third-order valence-corrected chi connectivity index (χ3v) is 5.56. The molecule has 0 aliphatic carbocycles. The first-order valence-corrected chi connectivity index (χ1v) is 8.79. The van der Waals surface area contributed by atoms with Gasteiger partial charge in [0.25, 0.3) is 5.91 Å². The number of likely N-dealkylation sites (tertiary alicyclic amines) is 1. The van der Waals surface area contributed by atoms with Crippen molar-refractivity contribution in [3.05, 3.63) is 71.3 Å². The number of amides is 1. The lowest BCUT2D eigenvalue weighted by molar-refractivity contribution is 0.0790. The number of Topliss-reactive ketones (excluding diaryl/α,β-unsaturated/α-hetero) is 1. The van der Waals surface area contributed by atoms with E-state index in [0.717, 1.165) is 19.5 Å². The van der Waals surface area contributed by atoms with Crippen LogP contribution in [0.4, 0.5) is 0 Å². The van der Waals surface area contributed by atoms with Gasteiger partial charge in [-0.25, -0.2) is 0 Å². The number of benzene rings is 2. The zero-order chi connectivity index (χ0) is 17.4. The molecule has 0 bridgehead atoms. The van der Waals surface area contributed by atoms with Crippen molar-refractivity contribution in [2.75, 3.05) is 19.6 Å². The van der Waals surface area contributed by atoms with Gasteiger partial charge in [-0.1, -0.05) is 48.5 Å². The Morgan fingerprint density at radius 1 is 1.04 bits per heavy atom. The lowest BCUT2D eigenvalue weighted by atomic mass is 9.78. The van der Waals surface area contributed by atoms with Crippen molar-refractivity contribution >= 4 is 11.7 Å². The molecule has 0 unspecified atom stereocenters. The second kappa shape index (κ2) is 6.12. The molecule has 128 valence electrons. The van der Waals surface area contributed by atoms with Gasteiger partial charge >= 0.3 is 0 Å². The molecule has 0 aromatic heterocycles. The van der Waals surface area contributed by atoms with Gasteiger partial charge in [0, 0.05) is 25.2 Å². The Bertz CT molecular complexity index is 818. The van der Waals surface area contributed by atoms with Crippen LogP contribution < -0.4 is 5.32 Å². The van der Waals surface area contributed by atoms with Crippen molar-refractivity contribution in [1.29, 1.82) is 0 Å². The summed E-state index contributed by atoms with van der Waals surface area (Å²) >= 11 is 0. The van der Waals surface area contributed by atoms with Crippen LogP contribution in [-0.4, -0.2) is 42.3 Å². The fourth-order valence-corrected chi connectivity index (χ4v) is 4.06. The maximum atomic E-state index is 13.2. The average molecular weight is 334 g/mol. The molecule has 0 radical (unpaired) electrons. The lowest BCUT2D eigenvalue weighted by Gasteiger charge is -2.27. The summed E-state index contributed by atoms with van der Waals surface area (Å²) in [7, 11) is 0. The van der Waals surface area contributed by atoms with Crippen LogP contribution >= 0.6 is 0 Å². The molecule has 2 aromatic rings. The number of carbonyl (C=O) groups excluding carboxylic acids is 2. The summed E-state index contributed by atoms with van der Waals surface area (Å²) in [5, 5.41) is 3.09. The van der Waals surface area contributed by atoms with Crippen molar-refractivity contribution in [3.8, 4) is 0 Å². The van der Waals surface area contributed by atoms with E-state index >= 15 is 0 Å². The molecule has 0 spiro atoms. The Morgan fingerprint density at radius 2 is 1.72 bits per heavy atom. The van der Waals surface area contributed by atoms with Gasteiger partial charge < -0.3 is 5.32 Å². The molecule has 2 aliphatic heterocycles. The van der Waals surface area contributed by atoms with Gasteiger partial charge in [0.1, 0.15) is 0 Å². The highest BCUT2D eigenvalue weighted by atomic mass is 16.2. The molecule has 4 heteroatoms. The summed E-state index contributed by atoms with van der Waals surface area (Å²) in [6.07, 6.45) is 0.947. The molecule has 4 nitrogen and oxygen atoms in total. The summed E-state index contributed by atoms with van der Waals surface area (Å²) in [6.45, 7) is 4.28. The zero-order valence-electron chi connectivity index (χ0n) is 14.4. The first kappa shape index (κ1) is 16.0. The first-order valence-electron chi connectivity index (χ1n) is 8.79. The molecule has 0 saturated carbocycles. The quantitative estimate of drug-likeness (QED) is 0.938. The Hall–Kier alpha value is -2.46. The Labute approximate surface area is 147 Å².